The number of halogens is 2. The lowest BCUT2D eigenvalue weighted by atomic mass is 10.1. The number of anilines is 1. The number of benzene rings is 3. The molecule has 3 aromatic carbocycles. The standard InChI is InChI=1S/C25H23ClFN3O4/c1-15-8-16(2)10-20(9-15)29-24(31)25(32)30-28-13-17-4-7-22(23(11-17)33-3)34-14-18-5-6-19(27)12-21(18)26/h4-13H,14H2,1-3H3,(H,29,31)(H,30,32). The molecule has 0 bridgehead atoms. The van der Waals surface area contributed by atoms with E-state index in [-0.39, 0.29) is 11.6 Å². The van der Waals surface area contributed by atoms with E-state index in [0.717, 1.165) is 11.1 Å². The minimum atomic E-state index is -0.904. The van der Waals surface area contributed by atoms with Crippen molar-refractivity contribution in [3.05, 3.63) is 87.7 Å². The van der Waals surface area contributed by atoms with Gasteiger partial charge in [0.1, 0.15) is 12.4 Å². The van der Waals surface area contributed by atoms with Crippen molar-refractivity contribution in [2.24, 2.45) is 5.10 Å². The van der Waals surface area contributed by atoms with Gasteiger partial charge in [0.15, 0.2) is 11.5 Å². The lowest BCUT2D eigenvalue weighted by Crippen LogP contribution is -2.32. The largest absolute Gasteiger partial charge is 0.493 e. The van der Waals surface area contributed by atoms with Crippen molar-refractivity contribution in [2.75, 3.05) is 12.4 Å². The SMILES string of the molecule is COc1cc(C=NNC(=O)C(=O)Nc2cc(C)cc(C)c2)ccc1OCc1ccc(F)cc1Cl. The van der Waals surface area contributed by atoms with Crippen molar-refractivity contribution in [3.8, 4) is 11.5 Å². The zero-order chi connectivity index (χ0) is 24.7. The monoisotopic (exact) mass is 483 g/mol. The smallest absolute Gasteiger partial charge is 0.329 e. The van der Waals surface area contributed by atoms with Crippen LogP contribution in [-0.2, 0) is 16.2 Å². The van der Waals surface area contributed by atoms with Crippen molar-refractivity contribution in [3.63, 3.8) is 0 Å². The summed E-state index contributed by atoms with van der Waals surface area (Å²) in [6.07, 6.45) is 1.37. The second-order valence-corrected chi connectivity index (χ2v) is 7.87. The van der Waals surface area contributed by atoms with Crippen molar-refractivity contribution >= 4 is 35.3 Å². The summed E-state index contributed by atoms with van der Waals surface area (Å²) in [7, 11) is 1.48. The van der Waals surface area contributed by atoms with E-state index < -0.39 is 17.6 Å². The molecule has 3 rings (SSSR count). The average molecular weight is 484 g/mol. The second kappa shape index (κ2) is 11.3. The molecule has 34 heavy (non-hydrogen) atoms. The Morgan fingerprint density at radius 1 is 1.00 bits per heavy atom. The fourth-order valence-corrected chi connectivity index (χ4v) is 3.35. The summed E-state index contributed by atoms with van der Waals surface area (Å²) < 4.78 is 24.3. The number of carbonyl (C=O) groups is 2. The molecule has 9 heteroatoms. The molecule has 0 unspecified atom stereocenters. The number of amides is 2. The summed E-state index contributed by atoms with van der Waals surface area (Å²) in [6.45, 7) is 3.92. The molecular formula is C25H23ClFN3O4. The van der Waals surface area contributed by atoms with Crippen molar-refractivity contribution in [2.45, 2.75) is 20.5 Å². The molecule has 0 spiro atoms. The van der Waals surface area contributed by atoms with Gasteiger partial charge in [-0.15, -0.1) is 0 Å². The number of nitrogens with one attached hydrogen (secondary N) is 2. The minimum absolute atomic E-state index is 0.120. The summed E-state index contributed by atoms with van der Waals surface area (Å²) in [5, 5.41) is 6.63. The normalized spacial score (nSPS) is 10.7. The molecule has 2 N–H and O–H groups in total. The van der Waals surface area contributed by atoms with E-state index in [4.69, 9.17) is 21.1 Å². The molecule has 0 radical (unpaired) electrons. The number of ether oxygens (including phenoxy) is 2. The summed E-state index contributed by atoms with van der Waals surface area (Å²) in [6, 6.07) is 14.6. The Balaban J connectivity index is 1.58. The Morgan fingerprint density at radius 3 is 2.41 bits per heavy atom. The maximum atomic E-state index is 13.2. The van der Waals surface area contributed by atoms with E-state index >= 15 is 0 Å². The van der Waals surface area contributed by atoms with E-state index in [9.17, 15) is 14.0 Å². The zero-order valence-corrected chi connectivity index (χ0v) is 19.6. The van der Waals surface area contributed by atoms with Crippen LogP contribution in [0, 0.1) is 19.7 Å². The van der Waals surface area contributed by atoms with Gasteiger partial charge in [-0.2, -0.15) is 5.10 Å². The Kier molecular flexibility index (Phi) is 8.21. The fourth-order valence-electron chi connectivity index (χ4n) is 3.13. The van der Waals surface area contributed by atoms with Gasteiger partial charge in [0.25, 0.3) is 0 Å². The molecule has 0 atom stereocenters. The first-order valence-corrected chi connectivity index (χ1v) is 10.6. The summed E-state index contributed by atoms with van der Waals surface area (Å²) in [5.74, 6) is -1.30. The lowest BCUT2D eigenvalue weighted by molar-refractivity contribution is -0.136. The molecule has 0 aliphatic heterocycles. The Bertz CT molecular complexity index is 1230. The minimum Gasteiger partial charge on any atom is -0.493 e. The van der Waals surface area contributed by atoms with Crippen LogP contribution in [-0.4, -0.2) is 25.1 Å². The van der Waals surface area contributed by atoms with Gasteiger partial charge in [-0.25, -0.2) is 9.82 Å². The van der Waals surface area contributed by atoms with Gasteiger partial charge in [-0.1, -0.05) is 23.7 Å². The van der Waals surface area contributed by atoms with Gasteiger partial charge in [-0.05, 0) is 73.0 Å². The molecule has 2 amide bonds. The third-order valence-electron chi connectivity index (χ3n) is 4.65. The van der Waals surface area contributed by atoms with E-state index in [1.807, 2.05) is 19.9 Å². The molecule has 0 fully saturated rings. The topological polar surface area (TPSA) is 89.0 Å². The number of carbonyl (C=O) groups excluding carboxylic acids is 2. The first-order valence-electron chi connectivity index (χ1n) is 10.2. The fraction of sp³-hybridized carbons (Fsp3) is 0.160. The van der Waals surface area contributed by atoms with Gasteiger partial charge >= 0.3 is 11.8 Å². The maximum absolute atomic E-state index is 13.2. The van der Waals surface area contributed by atoms with Crippen LogP contribution in [0.25, 0.3) is 0 Å². The molecule has 0 aromatic heterocycles. The molecule has 0 aliphatic rings. The first-order chi connectivity index (χ1) is 16.2. The van der Waals surface area contributed by atoms with E-state index in [2.05, 4.69) is 15.8 Å². The Hall–Kier alpha value is -3.91. The highest BCUT2D eigenvalue weighted by Crippen LogP contribution is 2.29. The first kappa shape index (κ1) is 24.7. The summed E-state index contributed by atoms with van der Waals surface area (Å²) in [4.78, 5) is 24.1. The van der Waals surface area contributed by atoms with Crippen molar-refractivity contribution in [1.82, 2.24) is 5.43 Å². The van der Waals surface area contributed by atoms with E-state index in [1.165, 1.54) is 25.5 Å². The van der Waals surface area contributed by atoms with Gasteiger partial charge in [0, 0.05) is 11.3 Å². The van der Waals surface area contributed by atoms with Crippen LogP contribution in [0.2, 0.25) is 5.02 Å². The van der Waals surface area contributed by atoms with Gasteiger partial charge in [0.05, 0.1) is 18.3 Å². The zero-order valence-electron chi connectivity index (χ0n) is 18.8. The number of nitrogens with zero attached hydrogens (tertiary/aromatic N) is 1. The van der Waals surface area contributed by atoms with Gasteiger partial charge < -0.3 is 14.8 Å². The highest BCUT2D eigenvalue weighted by atomic mass is 35.5. The molecular weight excluding hydrogens is 461 g/mol. The second-order valence-electron chi connectivity index (χ2n) is 7.46. The summed E-state index contributed by atoms with van der Waals surface area (Å²) >= 11 is 6.03. The molecule has 7 nitrogen and oxygen atoms in total. The van der Waals surface area contributed by atoms with Gasteiger partial charge in [-0.3, -0.25) is 9.59 Å². The number of aryl methyl sites for hydroxylation is 2. The molecule has 0 saturated carbocycles. The molecule has 0 saturated heterocycles. The Labute approximate surface area is 201 Å². The van der Waals surface area contributed by atoms with Crippen LogP contribution in [0.4, 0.5) is 10.1 Å². The average Bonchev–Trinajstić information content (AvgIpc) is 2.78. The third kappa shape index (κ3) is 6.79. The van der Waals surface area contributed by atoms with Gasteiger partial charge in [0.2, 0.25) is 0 Å². The van der Waals surface area contributed by atoms with Crippen LogP contribution < -0.4 is 20.2 Å². The number of rotatable bonds is 7. The predicted octanol–water partition coefficient (Wildman–Crippen LogP) is 4.77. The predicted molar refractivity (Wildman–Crippen MR) is 129 cm³/mol. The number of hydrogen-bond acceptors (Lipinski definition) is 5. The third-order valence-corrected chi connectivity index (χ3v) is 5.00. The van der Waals surface area contributed by atoms with E-state index in [0.29, 0.717) is 28.3 Å². The lowest BCUT2D eigenvalue weighted by Gasteiger charge is -2.12. The van der Waals surface area contributed by atoms with Crippen LogP contribution in [0.15, 0.2) is 59.7 Å². The van der Waals surface area contributed by atoms with Crippen LogP contribution in [0.3, 0.4) is 0 Å². The van der Waals surface area contributed by atoms with E-state index in [1.54, 1.807) is 36.4 Å². The highest BCUT2D eigenvalue weighted by Gasteiger charge is 2.13. The molecule has 3 aromatic rings. The number of hydrogen-bond donors (Lipinski definition) is 2. The van der Waals surface area contributed by atoms with Crippen LogP contribution in [0.1, 0.15) is 22.3 Å². The van der Waals surface area contributed by atoms with Crippen molar-refractivity contribution in [1.29, 1.82) is 0 Å². The molecule has 0 aliphatic carbocycles. The quantitative estimate of drug-likeness (QED) is 0.288. The highest BCUT2D eigenvalue weighted by molar-refractivity contribution is 6.39. The molecule has 0 heterocycles. The molecule has 176 valence electrons. The number of methoxy groups -OCH3 is 1. The van der Waals surface area contributed by atoms with Crippen molar-refractivity contribution < 1.29 is 23.5 Å². The Morgan fingerprint density at radius 2 is 1.74 bits per heavy atom. The maximum Gasteiger partial charge on any atom is 0.329 e. The van der Waals surface area contributed by atoms with Crippen LogP contribution in [0.5, 0.6) is 11.5 Å². The number of hydrazone groups is 1. The summed E-state index contributed by atoms with van der Waals surface area (Å²) in [5.41, 5.74) is 5.88. The van der Waals surface area contributed by atoms with Crippen LogP contribution >= 0.6 is 11.6 Å².